The number of carbonyl (C=O) groups is 1. The molecular formula is C19H30O4Si. The zero-order chi connectivity index (χ0) is 17.8. The van der Waals surface area contributed by atoms with Gasteiger partial charge in [-0.3, -0.25) is 0 Å². The van der Waals surface area contributed by atoms with Gasteiger partial charge in [0.15, 0.2) is 0 Å². The van der Waals surface area contributed by atoms with E-state index >= 15 is 0 Å². The van der Waals surface area contributed by atoms with Gasteiger partial charge in [-0.05, 0) is 43.4 Å². The number of carbonyl (C=O) groups excluding carboxylic acids is 1. The highest BCUT2D eigenvalue weighted by Crippen LogP contribution is 2.06. The summed E-state index contributed by atoms with van der Waals surface area (Å²) >= 11 is 0. The van der Waals surface area contributed by atoms with Crippen LogP contribution in [-0.4, -0.2) is 35.1 Å². The fourth-order valence-corrected chi connectivity index (χ4v) is 4.39. The maximum Gasteiger partial charge on any atom is 0.356 e. The normalized spacial score (nSPS) is 10.8. The Balaban J connectivity index is 2.66. The van der Waals surface area contributed by atoms with Crippen molar-refractivity contribution in [3.8, 4) is 0 Å². The second kappa shape index (κ2) is 12.0. The van der Waals surface area contributed by atoms with Crippen molar-refractivity contribution in [1.29, 1.82) is 0 Å². The number of esters is 1. The van der Waals surface area contributed by atoms with Gasteiger partial charge >= 0.3 is 15.3 Å². The largest absolute Gasteiger partial charge is 0.462 e. The van der Waals surface area contributed by atoms with Crippen LogP contribution in [0.5, 0.6) is 0 Å². The molecule has 0 atom stereocenters. The molecule has 5 heteroatoms. The van der Waals surface area contributed by atoms with Crippen molar-refractivity contribution in [3.05, 3.63) is 42.0 Å². The Kier molecular flexibility index (Phi) is 10.3. The third-order valence-corrected chi connectivity index (χ3v) is 5.58. The van der Waals surface area contributed by atoms with Gasteiger partial charge in [0.1, 0.15) is 0 Å². The number of aryl methyl sites for hydroxylation is 1. The van der Waals surface area contributed by atoms with E-state index in [-0.39, 0.29) is 5.97 Å². The Labute approximate surface area is 147 Å². The zero-order valence-corrected chi connectivity index (χ0v) is 16.3. The summed E-state index contributed by atoms with van der Waals surface area (Å²) < 4.78 is 17.2. The fraction of sp³-hybridized carbons (Fsp3) is 0.526. The molecular weight excluding hydrogens is 320 g/mol. The Morgan fingerprint density at radius 2 is 1.71 bits per heavy atom. The molecule has 1 aromatic rings. The van der Waals surface area contributed by atoms with Crippen LogP contribution in [0.1, 0.15) is 45.6 Å². The zero-order valence-electron chi connectivity index (χ0n) is 15.2. The van der Waals surface area contributed by atoms with Gasteiger partial charge in [0.05, 0.1) is 6.61 Å². The van der Waals surface area contributed by atoms with Crippen molar-refractivity contribution >= 4 is 20.4 Å². The van der Waals surface area contributed by atoms with Crippen molar-refractivity contribution in [1.82, 2.24) is 0 Å². The van der Waals surface area contributed by atoms with Gasteiger partial charge in [0, 0.05) is 18.8 Å². The molecule has 0 saturated heterocycles. The highest BCUT2D eigenvalue weighted by Gasteiger charge is 2.19. The van der Waals surface area contributed by atoms with Gasteiger partial charge in [-0.25, -0.2) is 4.79 Å². The maximum absolute atomic E-state index is 11.4. The Bertz CT molecular complexity index is 508. The lowest BCUT2D eigenvalue weighted by atomic mass is 10.1. The first kappa shape index (κ1) is 20.6. The molecule has 24 heavy (non-hydrogen) atoms. The van der Waals surface area contributed by atoms with Crippen LogP contribution in [0.4, 0.5) is 0 Å². The summed E-state index contributed by atoms with van der Waals surface area (Å²) in [6.45, 7) is 11.3. The Morgan fingerprint density at radius 1 is 1.08 bits per heavy atom. The first-order chi connectivity index (χ1) is 11.6. The molecule has 0 amide bonds. The SMILES string of the molecule is C=C(C)C(=O)OCCCc1ccccc1[SiH](OCCC)OCCC. The molecule has 0 spiro atoms. The van der Waals surface area contributed by atoms with E-state index in [4.69, 9.17) is 13.6 Å². The second-order valence-corrected chi connectivity index (χ2v) is 7.74. The molecule has 0 heterocycles. The Morgan fingerprint density at radius 3 is 2.29 bits per heavy atom. The van der Waals surface area contributed by atoms with E-state index in [2.05, 4.69) is 32.6 Å². The number of hydrogen-bond donors (Lipinski definition) is 0. The summed E-state index contributed by atoms with van der Waals surface area (Å²) in [5.41, 5.74) is 1.66. The molecule has 0 aromatic heterocycles. The van der Waals surface area contributed by atoms with Crippen LogP contribution in [0, 0.1) is 0 Å². The minimum atomic E-state index is -1.88. The van der Waals surface area contributed by atoms with Crippen LogP contribution in [-0.2, 0) is 24.8 Å². The minimum absolute atomic E-state index is 0.326. The van der Waals surface area contributed by atoms with E-state index < -0.39 is 9.28 Å². The van der Waals surface area contributed by atoms with Crippen molar-refractivity contribution in [2.45, 2.75) is 46.5 Å². The van der Waals surface area contributed by atoms with Crippen LogP contribution < -0.4 is 5.19 Å². The smallest absolute Gasteiger partial charge is 0.356 e. The van der Waals surface area contributed by atoms with E-state index in [0.717, 1.165) is 38.9 Å². The lowest BCUT2D eigenvalue weighted by Crippen LogP contribution is -2.39. The van der Waals surface area contributed by atoms with Gasteiger partial charge in [0.25, 0.3) is 0 Å². The van der Waals surface area contributed by atoms with Crippen molar-refractivity contribution in [2.75, 3.05) is 19.8 Å². The predicted molar refractivity (Wildman–Crippen MR) is 99.8 cm³/mol. The molecule has 0 aliphatic rings. The van der Waals surface area contributed by atoms with E-state index in [9.17, 15) is 4.79 Å². The maximum atomic E-state index is 11.4. The van der Waals surface area contributed by atoms with Crippen LogP contribution in [0.15, 0.2) is 36.4 Å². The highest BCUT2D eigenvalue weighted by molar-refractivity contribution is 6.61. The number of rotatable bonds is 12. The minimum Gasteiger partial charge on any atom is -0.462 e. The monoisotopic (exact) mass is 350 g/mol. The molecule has 0 saturated carbocycles. The molecule has 0 N–H and O–H groups in total. The van der Waals surface area contributed by atoms with Crippen LogP contribution >= 0.6 is 0 Å². The molecule has 0 aliphatic carbocycles. The third-order valence-electron chi connectivity index (χ3n) is 3.43. The molecule has 0 radical (unpaired) electrons. The van der Waals surface area contributed by atoms with Gasteiger partial charge in [-0.15, -0.1) is 0 Å². The first-order valence-electron chi connectivity index (χ1n) is 8.73. The van der Waals surface area contributed by atoms with Gasteiger partial charge < -0.3 is 13.6 Å². The number of ether oxygens (including phenoxy) is 1. The first-order valence-corrected chi connectivity index (χ1v) is 10.3. The third kappa shape index (κ3) is 7.42. The van der Waals surface area contributed by atoms with Gasteiger partial charge in [-0.1, -0.05) is 44.7 Å². The topological polar surface area (TPSA) is 44.8 Å². The van der Waals surface area contributed by atoms with Crippen LogP contribution in [0.3, 0.4) is 0 Å². The standard InChI is InChI=1S/C19H30O4Si/c1-5-13-22-24(23-14-6-2)18-12-8-7-10-17(18)11-9-15-21-19(20)16(3)4/h7-8,10,12,24H,3,5-6,9,11,13-15H2,1-2,4H3. The summed E-state index contributed by atoms with van der Waals surface area (Å²) in [7, 11) is -1.88. The molecule has 1 rings (SSSR count). The Hall–Kier alpha value is -1.43. The van der Waals surface area contributed by atoms with E-state index in [1.807, 2.05) is 12.1 Å². The average molecular weight is 351 g/mol. The molecule has 0 unspecified atom stereocenters. The van der Waals surface area contributed by atoms with E-state index in [1.54, 1.807) is 6.92 Å². The number of hydrogen-bond acceptors (Lipinski definition) is 4. The highest BCUT2D eigenvalue weighted by atomic mass is 28.3. The molecule has 0 aliphatic heterocycles. The molecule has 1 aromatic carbocycles. The van der Waals surface area contributed by atoms with Crippen LogP contribution in [0.2, 0.25) is 0 Å². The summed E-state index contributed by atoms with van der Waals surface area (Å²) in [5, 5.41) is 1.20. The molecule has 0 bridgehead atoms. The predicted octanol–water partition coefficient (Wildman–Crippen LogP) is 3.02. The van der Waals surface area contributed by atoms with E-state index in [0.29, 0.717) is 12.2 Å². The van der Waals surface area contributed by atoms with Crippen LogP contribution in [0.25, 0.3) is 0 Å². The lowest BCUT2D eigenvalue weighted by molar-refractivity contribution is -0.139. The fourth-order valence-electron chi connectivity index (χ4n) is 2.22. The second-order valence-electron chi connectivity index (χ2n) is 5.79. The summed E-state index contributed by atoms with van der Waals surface area (Å²) in [5.74, 6) is -0.326. The number of benzene rings is 1. The molecule has 134 valence electrons. The molecule has 0 fully saturated rings. The summed E-state index contributed by atoms with van der Waals surface area (Å²) in [4.78, 5) is 11.4. The lowest BCUT2D eigenvalue weighted by Gasteiger charge is -2.19. The summed E-state index contributed by atoms with van der Waals surface area (Å²) in [6, 6.07) is 8.28. The summed E-state index contributed by atoms with van der Waals surface area (Å²) in [6.07, 6.45) is 3.59. The van der Waals surface area contributed by atoms with Crippen molar-refractivity contribution < 1.29 is 18.4 Å². The van der Waals surface area contributed by atoms with E-state index in [1.165, 1.54) is 10.8 Å². The average Bonchev–Trinajstić information content (AvgIpc) is 2.59. The van der Waals surface area contributed by atoms with Gasteiger partial charge in [-0.2, -0.15) is 0 Å². The van der Waals surface area contributed by atoms with Gasteiger partial charge in [0.2, 0.25) is 0 Å². The molecule has 4 nitrogen and oxygen atoms in total. The van der Waals surface area contributed by atoms with Crippen molar-refractivity contribution in [3.63, 3.8) is 0 Å². The van der Waals surface area contributed by atoms with Crippen molar-refractivity contribution in [2.24, 2.45) is 0 Å². The quantitative estimate of drug-likeness (QED) is 0.252.